The topological polar surface area (TPSA) is 49.4 Å². The highest BCUT2D eigenvalue weighted by Crippen LogP contribution is 2.59. The van der Waals surface area contributed by atoms with Crippen molar-refractivity contribution < 1.29 is 9.59 Å². The molecule has 1 N–H and O–H groups in total. The van der Waals surface area contributed by atoms with Crippen LogP contribution in [0.5, 0.6) is 0 Å². The van der Waals surface area contributed by atoms with Gasteiger partial charge in [-0.25, -0.2) is 0 Å². The number of likely N-dealkylation sites (tertiary alicyclic amines) is 1. The summed E-state index contributed by atoms with van der Waals surface area (Å²) in [4.78, 5) is 26.8. The highest BCUT2D eigenvalue weighted by Gasteiger charge is 2.58. The van der Waals surface area contributed by atoms with E-state index in [-0.39, 0.29) is 23.1 Å². The lowest BCUT2D eigenvalue weighted by Gasteiger charge is -2.32. The molecule has 1 spiro atoms. The maximum absolute atomic E-state index is 12.5. The summed E-state index contributed by atoms with van der Waals surface area (Å²) in [5.41, 5.74) is 1.75. The molecule has 1 unspecified atom stereocenters. The van der Waals surface area contributed by atoms with Gasteiger partial charge in [-0.1, -0.05) is 18.2 Å². The lowest BCUT2D eigenvalue weighted by Crippen LogP contribution is -2.40. The Morgan fingerprint density at radius 2 is 1.88 bits per heavy atom. The molecular weight excluding hydrogens is 320 g/mol. The number of hydrogen-bond acceptors (Lipinski definition) is 3. The fraction of sp³-hybridized carbons (Fsp3) is 0.368. The summed E-state index contributed by atoms with van der Waals surface area (Å²) < 4.78 is 0. The molecule has 1 aliphatic heterocycles. The van der Waals surface area contributed by atoms with E-state index in [1.807, 2.05) is 52.1 Å². The lowest BCUT2D eigenvalue weighted by molar-refractivity contribution is -0.118. The van der Waals surface area contributed by atoms with Crippen LogP contribution in [0.25, 0.3) is 0 Å². The van der Waals surface area contributed by atoms with E-state index in [0.29, 0.717) is 0 Å². The van der Waals surface area contributed by atoms with Crippen molar-refractivity contribution in [3.63, 3.8) is 0 Å². The molecule has 124 valence electrons. The molecule has 2 amide bonds. The molecule has 1 saturated carbocycles. The van der Waals surface area contributed by atoms with Crippen LogP contribution < -0.4 is 5.32 Å². The van der Waals surface area contributed by atoms with Crippen LogP contribution in [0.3, 0.4) is 0 Å². The summed E-state index contributed by atoms with van der Waals surface area (Å²) >= 11 is 1.55. The number of amides is 2. The Morgan fingerprint density at radius 1 is 1.12 bits per heavy atom. The molecule has 0 bridgehead atoms. The summed E-state index contributed by atoms with van der Waals surface area (Å²) in [6.07, 6.45) is 2.80. The van der Waals surface area contributed by atoms with Crippen molar-refractivity contribution in [3.8, 4) is 0 Å². The van der Waals surface area contributed by atoms with Crippen LogP contribution in [0.2, 0.25) is 0 Å². The summed E-state index contributed by atoms with van der Waals surface area (Å²) in [5.74, 6) is 0.340. The van der Waals surface area contributed by atoms with Crippen LogP contribution in [0, 0.1) is 11.3 Å². The Hall–Kier alpha value is -2.14. The van der Waals surface area contributed by atoms with Crippen molar-refractivity contribution in [2.24, 2.45) is 11.3 Å². The molecule has 4 rings (SSSR count). The van der Waals surface area contributed by atoms with Crippen molar-refractivity contribution >= 4 is 28.8 Å². The standard InChI is InChI=1S/C19H20N2O2S/c22-17(20-15-4-2-1-3-5-15)16-12-19(16)7-9-21(10-8-19)18(23)14-6-11-24-13-14/h1-6,11,13,16H,7-10,12H2,(H,20,22). The average Bonchev–Trinajstić information content (AvgIpc) is 3.06. The number of carbonyl (C=O) groups is 2. The first-order valence-corrected chi connectivity index (χ1v) is 9.30. The zero-order chi connectivity index (χ0) is 16.6. The number of para-hydroxylation sites is 1. The van der Waals surface area contributed by atoms with Crippen molar-refractivity contribution in [2.75, 3.05) is 18.4 Å². The Bertz CT molecular complexity index is 734. The summed E-state index contributed by atoms with van der Waals surface area (Å²) in [6.45, 7) is 1.51. The van der Waals surface area contributed by atoms with E-state index in [1.165, 1.54) is 0 Å². The minimum Gasteiger partial charge on any atom is -0.339 e. The van der Waals surface area contributed by atoms with E-state index >= 15 is 0 Å². The third-order valence-corrected chi connectivity index (χ3v) is 6.05. The van der Waals surface area contributed by atoms with E-state index in [2.05, 4.69) is 5.32 Å². The SMILES string of the molecule is O=C(Nc1ccccc1)C1CC12CCN(C(=O)c1ccsc1)CC2. The first-order chi connectivity index (χ1) is 11.7. The Kier molecular flexibility index (Phi) is 3.88. The second kappa shape index (κ2) is 6.06. The Labute approximate surface area is 145 Å². The molecule has 1 aromatic carbocycles. The van der Waals surface area contributed by atoms with Crippen LogP contribution in [0.15, 0.2) is 47.2 Å². The van der Waals surface area contributed by atoms with Crippen LogP contribution in [0.1, 0.15) is 29.6 Å². The van der Waals surface area contributed by atoms with Crippen molar-refractivity contribution in [1.82, 2.24) is 4.90 Å². The van der Waals surface area contributed by atoms with E-state index in [9.17, 15) is 9.59 Å². The second-order valence-electron chi connectivity index (χ2n) is 6.78. The third-order valence-electron chi connectivity index (χ3n) is 5.36. The average molecular weight is 340 g/mol. The van der Waals surface area contributed by atoms with Crippen LogP contribution in [-0.4, -0.2) is 29.8 Å². The monoisotopic (exact) mass is 340 g/mol. The number of carbonyl (C=O) groups excluding carboxylic acids is 2. The van der Waals surface area contributed by atoms with Crippen LogP contribution in [0.4, 0.5) is 5.69 Å². The third kappa shape index (κ3) is 2.84. The van der Waals surface area contributed by atoms with Crippen molar-refractivity contribution in [1.29, 1.82) is 0 Å². The molecular formula is C19H20N2O2S. The van der Waals surface area contributed by atoms with Gasteiger partial charge in [-0.05, 0) is 48.3 Å². The molecule has 1 saturated heterocycles. The van der Waals surface area contributed by atoms with E-state index in [0.717, 1.165) is 43.6 Å². The lowest BCUT2D eigenvalue weighted by atomic mass is 9.90. The van der Waals surface area contributed by atoms with E-state index in [4.69, 9.17) is 0 Å². The number of rotatable bonds is 3. The highest BCUT2D eigenvalue weighted by atomic mass is 32.1. The predicted octanol–water partition coefficient (Wildman–Crippen LogP) is 3.63. The number of anilines is 1. The molecule has 2 fully saturated rings. The Balaban J connectivity index is 1.33. The van der Waals surface area contributed by atoms with Gasteiger partial charge in [0, 0.05) is 30.1 Å². The van der Waals surface area contributed by atoms with Gasteiger partial charge in [-0.2, -0.15) is 11.3 Å². The van der Waals surface area contributed by atoms with Gasteiger partial charge in [-0.3, -0.25) is 9.59 Å². The quantitative estimate of drug-likeness (QED) is 0.927. The minimum absolute atomic E-state index is 0.0936. The zero-order valence-electron chi connectivity index (χ0n) is 13.4. The minimum atomic E-state index is 0.0936. The van der Waals surface area contributed by atoms with Gasteiger partial charge in [0.1, 0.15) is 0 Å². The molecule has 0 radical (unpaired) electrons. The largest absolute Gasteiger partial charge is 0.339 e. The summed E-state index contributed by atoms with van der Waals surface area (Å²) in [5, 5.41) is 6.85. The molecule has 1 atom stereocenters. The number of benzene rings is 1. The first-order valence-electron chi connectivity index (χ1n) is 8.35. The van der Waals surface area contributed by atoms with Crippen molar-refractivity contribution in [2.45, 2.75) is 19.3 Å². The molecule has 2 aliphatic rings. The highest BCUT2D eigenvalue weighted by molar-refractivity contribution is 7.08. The maximum Gasteiger partial charge on any atom is 0.254 e. The fourth-order valence-electron chi connectivity index (χ4n) is 3.75. The van der Waals surface area contributed by atoms with Crippen LogP contribution >= 0.6 is 11.3 Å². The summed E-state index contributed by atoms with van der Waals surface area (Å²) in [6, 6.07) is 11.5. The first kappa shape index (κ1) is 15.4. The molecule has 2 aromatic rings. The maximum atomic E-state index is 12.5. The molecule has 4 nitrogen and oxygen atoms in total. The number of thiophene rings is 1. The second-order valence-corrected chi connectivity index (χ2v) is 7.56. The fourth-order valence-corrected chi connectivity index (χ4v) is 4.38. The van der Waals surface area contributed by atoms with Gasteiger partial charge >= 0.3 is 0 Å². The number of piperidine rings is 1. The Morgan fingerprint density at radius 3 is 2.54 bits per heavy atom. The van der Waals surface area contributed by atoms with Gasteiger partial charge in [0.25, 0.3) is 5.91 Å². The smallest absolute Gasteiger partial charge is 0.254 e. The van der Waals surface area contributed by atoms with E-state index < -0.39 is 0 Å². The normalized spacial score (nSPS) is 21.5. The zero-order valence-corrected chi connectivity index (χ0v) is 14.2. The molecule has 2 heterocycles. The number of nitrogens with zero attached hydrogens (tertiary/aromatic N) is 1. The predicted molar refractivity (Wildman–Crippen MR) is 95.1 cm³/mol. The van der Waals surface area contributed by atoms with Gasteiger partial charge in [-0.15, -0.1) is 0 Å². The number of hydrogen-bond donors (Lipinski definition) is 1. The molecule has 1 aromatic heterocycles. The van der Waals surface area contributed by atoms with Gasteiger partial charge in [0.05, 0.1) is 5.56 Å². The van der Waals surface area contributed by atoms with Gasteiger partial charge in [0.2, 0.25) is 5.91 Å². The van der Waals surface area contributed by atoms with E-state index in [1.54, 1.807) is 11.3 Å². The van der Waals surface area contributed by atoms with Gasteiger partial charge < -0.3 is 10.2 Å². The number of nitrogens with one attached hydrogen (secondary N) is 1. The molecule has 24 heavy (non-hydrogen) atoms. The van der Waals surface area contributed by atoms with Gasteiger partial charge in [0.15, 0.2) is 0 Å². The molecule has 5 heteroatoms. The van der Waals surface area contributed by atoms with Crippen LogP contribution in [-0.2, 0) is 4.79 Å². The summed E-state index contributed by atoms with van der Waals surface area (Å²) in [7, 11) is 0. The molecule has 1 aliphatic carbocycles. The van der Waals surface area contributed by atoms with Crippen molar-refractivity contribution in [3.05, 3.63) is 52.7 Å².